The number of halogens is 3. The van der Waals surface area contributed by atoms with E-state index in [1.54, 1.807) is 0 Å². The number of rotatable bonds is 9. The second-order valence-corrected chi connectivity index (χ2v) is 18.3. The van der Waals surface area contributed by atoms with Gasteiger partial charge in [-0.05, 0) is 0 Å². The Kier molecular flexibility index (Phi) is 8.95. The monoisotopic (exact) mass is 360 g/mol. The van der Waals surface area contributed by atoms with Gasteiger partial charge in [-0.2, -0.15) is 0 Å². The molecule has 0 fully saturated rings. The van der Waals surface area contributed by atoms with Gasteiger partial charge >= 0.3 is 108 Å². The quantitative estimate of drug-likeness (QED) is 0.447. The molecule has 0 aromatic heterocycles. The van der Waals surface area contributed by atoms with Gasteiger partial charge in [0.2, 0.25) is 0 Å². The van der Waals surface area contributed by atoms with Crippen molar-refractivity contribution in [1.29, 1.82) is 0 Å². The summed E-state index contributed by atoms with van der Waals surface area (Å²) >= 11 is -3.91. The van der Waals surface area contributed by atoms with Crippen LogP contribution in [0, 0.1) is 0 Å². The molecule has 0 aliphatic rings. The van der Waals surface area contributed by atoms with Crippen LogP contribution >= 0.6 is 0 Å². The van der Waals surface area contributed by atoms with Gasteiger partial charge in [0.25, 0.3) is 0 Å². The fourth-order valence-electron chi connectivity index (χ4n) is 2.35. The van der Waals surface area contributed by atoms with Crippen LogP contribution in [0.4, 0.5) is 13.2 Å². The SMILES string of the molecule is CCC[CH2][Sn]([CH2]CCC)([CH2]CCC)[C](F)(F)F. The maximum absolute atomic E-state index is 13.4. The summed E-state index contributed by atoms with van der Waals surface area (Å²) in [5.41, 5.74) is 0. The van der Waals surface area contributed by atoms with E-state index in [2.05, 4.69) is 0 Å². The van der Waals surface area contributed by atoms with Crippen molar-refractivity contribution >= 4 is 18.4 Å². The molecule has 0 bridgehead atoms. The summed E-state index contributed by atoms with van der Waals surface area (Å²) in [6, 6.07) is 0. The molecule has 0 nitrogen and oxygen atoms in total. The second kappa shape index (κ2) is 8.65. The number of unbranched alkanes of at least 4 members (excludes halogenated alkanes) is 3. The minimum atomic E-state index is -3.91. The van der Waals surface area contributed by atoms with Crippen LogP contribution in [-0.4, -0.2) is 22.6 Å². The van der Waals surface area contributed by atoms with E-state index in [0.29, 0.717) is 13.3 Å². The summed E-state index contributed by atoms with van der Waals surface area (Å²) in [4.78, 5) is 0. The molecule has 0 spiro atoms. The van der Waals surface area contributed by atoms with Gasteiger partial charge in [0, 0.05) is 0 Å². The standard InChI is InChI=1S/3C4H9.CF3.Sn/c3*1-3-4-2;2-1(3)4;/h3*1,3-4H2,2H3;;. The van der Waals surface area contributed by atoms with Crippen LogP contribution < -0.4 is 0 Å². The molecule has 0 saturated heterocycles. The van der Waals surface area contributed by atoms with Gasteiger partial charge in [-0.3, -0.25) is 0 Å². The molecule has 0 rings (SSSR count). The molecule has 0 aliphatic heterocycles. The van der Waals surface area contributed by atoms with E-state index in [0.717, 1.165) is 38.5 Å². The van der Waals surface area contributed by atoms with Crippen LogP contribution in [-0.2, 0) is 0 Å². The summed E-state index contributed by atoms with van der Waals surface area (Å²) < 4.78 is 38.1. The van der Waals surface area contributed by atoms with E-state index in [1.165, 1.54) is 0 Å². The molecular formula is C13H27F3Sn. The topological polar surface area (TPSA) is 0 Å². The molecule has 0 unspecified atom stereocenters. The van der Waals surface area contributed by atoms with E-state index in [-0.39, 0.29) is 0 Å². The number of hydrogen-bond donors (Lipinski definition) is 0. The first-order valence-electron chi connectivity index (χ1n) is 7.00. The third-order valence-electron chi connectivity index (χ3n) is 3.63. The van der Waals surface area contributed by atoms with E-state index in [1.807, 2.05) is 20.8 Å². The fourth-order valence-corrected chi connectivity index (χ4v) is 15.7. The summed E-state index contributed by atoms with van der Waals surface area (Å²) in [7, 11) is 0. The van der Waals surface area contributed by atoms with Crippen LogP contribution in [0.3, 0.4) is 0 Å². The van der Waals surface area contributed by atoms with Crippen molar-refractivity contribution in [2.24, 2.45) is 0 Å². The Morgan fingerprint density at radius 3 is 1.18 bits per heavy atom. The molecule has 4 heteroatoms. The van der Waals surface area contributed by atoms with E-state index in [4.69, 9.17) is 0 Å². The number of alkyl halides is 3. The Morgan fingerprint density at radius 2 is 1.00 bits per heavy atom. The molecule has 0 saturated carbocycles. The van der Waals surface area contributed by atoms with Crippen molar-refractivity contribution < 1.29 is 13.2 Å². The average Bonchev–Trinajstić information content (AvgIpc) is 2.27. The van der Waals surface area contributed by atoms with Gasteiger partial charge in [-0.1, -0.05) is 0 Å². The predicted molar refractivity (Wildman–Crippen MR) is 71.0 cm³/mol. The zero-order valence-corrected chi connectivity index (χ0v) is 14.4. The molecular weight excluding hydrogens is 332 g/mol. The molecule has 0 aliphatic carbocycles. The minimum absolute atomic E-state index is 0.522. The van der Waals surface area contributed by atoms with Crippen molar-refractivity contribution in [1.82, 2.24) is 0 Å². The molecule has 0 amide bonds. The normalized spacial score (nSPS) is 13.1. The first kappa shape index (κ1) is 17.6. The Hall–Kier alpha value is 0.589. The molecule has 0 radical (unpaired) electrons. The van der Waals surface area contributed by atoms with Crippen LogP contribution in [0.15, 0.2) is 0 Å². The third-order valence-corrected chi connectivity index (χ3v) is 18.3. The molecule has 17 heavy (non-hydrogen) atoms. The van der Waals surface area contributed by atoms with Gasteiger partial charge in [-0.25, -0.2) is 0 Å². The summed E-state index contributed by atoms with van der Waals surface area (Å²) in [5.74, 6) is 0. The Bertz CT molecular complexity index is 168. The van der Waals surface area contributed by atoms with Gasteiger partial charge in [0.05, 0.1) is 0 Å². The average molecular weight is 359 g/mol. The summed E-state index contributed by atoms with van der Waals surface area (Å²) in [6.07, 6.45) is 5.03. The molecule has 104 valence electrons. The molecule has 0 aromatic carbocycles. The molecule has 0 heterocycles. The fraction of sp³-hybridized carbons (Fsp3) is 1.00. The maximum atomic E-state index is 13.4. The van der Waals surface area contributed by atoms with Crippen LogP contribution in [0.2, 0.25) is 13.3 Å². The van der Waals surface area contributed by atoms with E-state index >= 15 is 0 Å². The number of hydrogen-bond acceptors (Lipinski definition) is 0. The van der Waals surface area contributed by atoms with Gasteiger partial charge in [-0.15, -0.1) is 0 Å². The Morgan fingerprint density at radius 1 is 0.706 bits per heavy atom. The first-order chi connectivity index (χ1) is 7.93. The van der Waals surface area contributed by atoms with Crippen LogP contribution in [0.1, 0.15) is 59.3 Å². The van der Waals surface area contributed by atoms with E-state index < -0.39 is 22.6 Å². The Balaban J connectivity index is 4.78. The van der Waals surface area contributed by atoms with Crippen LogP contribution in [0.5, 0.6) is 0 Å². The zero-order valence-electron chi connectivity index (χ0n) is 11.5. The molecule has 0 aromatic rings. The van der Waals surface area contributed by atoms with Crippen molar-refractivity contribution in [3.63, 3.8) is 0 Å². The first-order valence-corrected chi connectivity index (χ1v) is 14.5. The van der Waals surface area contributed by atoms with Gasteiger partial charge in [0.1, 0.15) is 0 Å². The Labute approximate surface area is 108 Å². The van der Waals surface area contributed by atoms with Crippen molar-refractivity contribution in [2.75, 3.05) is 0 Å². The second-order valence-electron chi connectivity index (χ2n) is 5.09. The third kappa shape index (κ3) is 5.84. The molecule has 0 atom stereocenters. The van der Waals surface area contributed by atoms with Crippen LogP contribution in [0.25, 0.3) is 0 Å². The molecule has 0 N–H and O–H groups in total. The zero-order chi connectivity index (χ0) is 13.4. The van der Waals surface area contributed by atoms with E-state index in [9.17, 15) is 13.2 Å². The van der Waals surface area contributed by atoms with Crippen molar-refractivity contribution in [3.05, 3.63) is 0 Å². The van der Waals surface area contributed by atoms with Crippen molar-refractivity contribution in [2.45, 2.75) is 76.8 Å². The van der Waals surface area contributed by atoms with Crippen molar-refractivity contribution in [3.8, 4) is 0 Å². The summed E-state index contributed by atoms with van der Waals surface area (Å²) in [6.45, 7) is 5.98. The van der Waals surface area contributed by atoms with Gasteiger partial charge in [0.15, 0.2) is 0 Å². The van der Waals surface area contributed by atoms with Gasteiger partial charge < -0.3 is 0 Å². The predicted octanol–water partition coefficient (Wildman–Crippen LogP) is 5.94. The summed E-state index contributed by atoms with van der Waals surface area (Å²) in [5, 5.41) is 0.